The second-order valence-corrected chi connectivity index (χ2v) is 27.5. The number of rotatable bonds is 52. The number of carboxylic acids is 3. The zero-order valence-corrected chi connectivity index (χ0v) is 64.8. The number of thiol groups is 1. The van der Waals surface area contributed by atoms with Crippen LogP contribution >= 0.6 is 12.6 Å². The second kappa shape index (κ2) is 49.2. The molecule has 3 rings (SSSR count). The molecule has 0 radical (unpaired) electrons. The maximum Gasteiger partial charge on any atom is 0.326 e. The minimum atomic E-state index is -2.10. The summed E-state index contributed by atoms with van der Waals surface area (Å²) < 4.78 is 0. The Bertz CT molecular complexity index is 3940. The standard InChI is InChI=1S/C72H104N18O25S/c1-5-34(2)57(89-60(103)43(73)33-116)69(112)90-58(36(4)92)70(113)84-46(21-25-54(75)97)64(107)86-50(30-38-10-16-41(94)17-11-38)66(109)82-47(22-26-55(98)99)63(106)80-44(7-6-28-78-72(76)77)62(105)81-48(23-27-56(100)101)65(108)88-52(32-91)68(111)83-45(20-24-53(74)96)61(104)79-35(3)59(102)85-49(29-37-8-14-40(93)15-9-37)67(110)87-51(71(114)115)31-39-12-18-42(95)19-13-39/h8-19,34-36,43-52,57-58,91-95,116H,5-7,20-33,73H2,1-4H3,(H2,74,96)(H2,75,97)(H,79,104)(H,80,106)(H,81,105)(H,82,109)(H,83,111)(H,84,113)(H,85,102)(H,86,107)(H,87,110)(H,88,108)(H,89,103)(H,90,112)(H,98,99)(H,100,101)(H,114,115)(H4,76,77,78)/t34-,35-,36+,43-,44-,45-,46-,47-,48-,49-,50-,51-,52-,57-,58-/m0/s1. The Morgan fingerprint density at radius 2 is 0.716 bits per heavy atom. The fourth-order valence-corrected chi connectivity index (χ4v) is 11.1. The van der Waals surface area contributed by atoms with Crippen LogP contribution in [0.3, 0.4) is 0 Å². The van der Waals surface area contributed by atoms with E-state index in [2.05, 4.69) is 81.7 Å². The molecule has 0 unspecified atom stereocenters. The molecule has 0 aliphatic heterocycles. The summed E-state index contributed by atoms with van der Waals surface area (Å²) in [4.78, 5) is 230. The number of primary amides is 2. The van der Waals surface area contributed by atoms with Crippen molar-refractivity contribution in [3.63, 3.8) is 0 Å². The van der Waals surface area contributed by atoms with Crippen LogP contribution in [-0.2, 0) is 101 Å². The highest BCUT2D eigenvalue weighted by atomic mass is 32.1. The van der Waals surface area contributed by atoms with Gasteiger partial charge in [0.15, 0.2) is 5.96 Å². The summed E-state index contributed by atoms with van der Waals surface area (Å²) in [7, 11) is 0. The van der Waals surface area contributed by atoms with E-state index in [0.717, 1.165) is 13.8 Å². The van der Waals surface area contributed by atoms with Gasteiger partial charge < -0.3 is 133 Å². The number of carbonyl (C=O) groups excluding carboxylic acids is 14. The number of phenols is 3. The molecule has 3 aromatic rings. The molecule has 30 N–H and O–H groups in total. The predicted octanol–water partition coefficient (Wildman–Crippen LogP) is -7.05. The minimum absolute atomic E-state index is 0.110. The van der Waals surface area contributed by atoms with Gasteiger partial charge in [0.05, 0.1) is 18.8 Å². The number of hydrogen-bond acceptors (Lipinski definition) is 25. The number of aromatic hydroxyl groups is 3. The third-order valence-corrected chi connectivity index (χ3v) is 18.2. The van der Waals surface area contributed by atoms with Crippen LogP contribution in [0.5, 0.6) is 17.2 Å². The molecule has 0 fully saturated rings. The van der Waals surface area contributed by atoms with E-state index in [9.17, 15) is 122 Å². The summed E-state index contributed by atoms with van der Waals surface area (Å²) in [5.74, 6) is -22.6. The average molecular weight is 1650 g/mol. The summed E-state index contributed by atoms with van der Waals surface area (Å²) in [6.07, 6.45) is -8.97. The van der Waals surface area contributed by atoms with Gasteiger partial charge in [0, 0.05) is 57.2 Å². The highest BCUT2D eigenvalue weighted by Gasteiger charge is 2.39. The third-order valence-electron chi connectivity index (χ3n) is 17.8. The number of aliphatic hydroxyl groups is 2. The largest absolute Gasteiger partial charge is 0.508 e. The van der Waals surface area contributed by atoms with Crippen LogP contribution in [-0.4, -0.2) is 251 Å². The van der Waals surface area contributed by atoms with E-state index in [0.29, 0.717) is 17.5 Å². The molecule has 0 heterocycles. The van der Waals surface area contributed by atoms with Crippen molar-refractivity contribution in [3.05, 3.63) is 89.5 Å². The van der Waals surface area contributed by atoms with Gasteiger partial charge in [-0.25, -0.2) is 4.79 Å². The zero-order chi connectivity index (χ0) is 87.2. The monoisotopic (exact) mass is 1650 g/mol. The van der Waals surface area contributed by atoms with Crippen LogP contribution in [0.2, 0.25) is 0 Å². The Labute approximate surface area is 670 Å². The summed E-state index contributed by atoms with van der Waals surface area (Å²) in [6.45, 7) is 4.04. The lowest BCUT2D eigenvalue weighted by Gasteiger charge is -2.29. The fraction of sp³-hybridized carbons (Fsp3) is 0.500. The number of carboxylic acid groups (broad SMARTS) is 3. The zero-order valence-electron chi connectivity index (χ0n) is 63.9. The van der Waals surface area contributed by atoms with Crippen molar-refractivity contribution < 1.29 is 122 Å². The number of guanidine groups is 1. The summed E-state index contributed by atoms with van der Waals surface area (Å²) >= 11 is 4.01. The first kappa shape index (κ1) is 97.7. The number of hydrogen-bond donors (Lipinski definition) is 27. The Morgan fingerprint density at radius 1 is 0.405 bits per heavy atom. The lowest BCUT2D eigenvalue weighted by molar-refractivity contribution is -0.142. The number of benzene rings is 3. The highest BCUT2D eigenvalue weighted by molar-refractivity contribution is 7.80. The van der Waals surface area contributed by atoms with Gasteiger partial charge in [0.25, 0.3) is 0 Å². The maximum atomic E-state index is 14.7. The van der Waals surface area contributed by atoms with E-state index in [-0.39, 0.29) is 54.4 Å². The third kappa shape index (κ3) is 35.3. The topological polar surface area (TPSA) is 736 Å². The van der Waals surface area contributed by atoms with E-state index in [1.54, 1.807) is 13.8 Å². The van der Waals surface area contributed by atoms with Gasteiger partial charge in [-0.3, -0.25) is 82.1 Å². The first-order valence-electron chi connectivity index (χ1n) is 36.5. The van der Waals surface area contributed by atoms with Crippen LogP contribution in [0, 0.1) is 11.3 Å². The van der Waals surface area contributed by atoms with Crippen LogP contribution < -0.4 is 92.1 Å². The molecule has 3 aromatic carbocycles. The maximum absolute atomic E-state index is 14.7. The molecule has 116 heavy (non-hydrogen) atoms. The van der Waals surface area contributed by atoms with E-state index >= 15 is 0 Å². The van der Waals surface area contributed by atoms with Crippen molar-refractivity contribution in [2.45, 2.75) is 202 Å². The van der Waals surface area contributed by atoms with Crippen molar-refractivity contribution >= 4 is 119 Å². The number of carbonyl (C=O) groups is 17. The average Bonchev–Trinajstić information content (AvgIpc) is 0.844. The van der Waals surface area contributed by atoms with Gasteiger partial charge in [-0.1, -0.05) is 56.7 Å². The van der Waals surface area contributed by atoms with E-state index in [1.165, 1.54) is 72.8 Å². The first-order valence-corrected chi connectivity index (χ1v) is 37.1. The molecule has 15 atom stereocenters. The van der Waals surface area contributed by atoms with Crippen LogP contribution in [0.1, 0.15) is 115 Å². The molecule has 0 spiro atoms. The van der Waals surface area contributed by atoms with Crippen molar-refractivity contribution in [2.75, 3.05) is 18.9 Å². The number of phenolic OH excluding ortho intramolecular Hbond substituents is 3. The predicted molar refractivity (Wildman–Crippen MR) is 412 cm³/mol. The number of aliphatic carboxylic acids is 3. The molecule has 0 saturated carbocycles. The Kier molecular flexibility index (Phi) is 41.5. The molecule has 0 bridgehead atoms. The van der Waals surface area contributed by atoms with E-state index < -0.39 is 268 Å². The highest BCUT2D eigenvalue weighted by Crippen LogP contribution is 2.18. The molecular weight excluding hydrogens is 1550 g/mol. The molecular formula is C72H104N18O25S. The number of nitrogens with one attached hydrogen (secondary N) is 14. The van der Waals surface area contributed by atoms with Gasteiger partial charge in [-0.2, -0.15) is 12.6 Å². The van der Waals surface area contributed by atoms with Crippen molar-refractivity contribution in [1.29, 1.82) is 5.41 Å². The molecule has 43 nitrogen and oxygen atoms in total. The van der Waals surface area contributed by atoms with Gasteiger partial charge >= 0.3 is 17.9 Å². The minimum Gasteiger partial charge on any atom is -0.508 e. The van der Waals surface area contributed by atoms with Crippen LogP contribution in [0.25, 0.3) is 0 Å². The fourth-order valence-electron chi connectivity index (χ4n) is 10.9. The molecule has 0 aliphatic carbocycles. The Morgan fingerprint density at radius 3 is 1.07 bits per heavy atom. The smallest absolute Gasteiger partial charge is 0.326 e. The van der Waals surface area contributed by atoms with E-state index in [4.69, 9.17) is 28.3 Å². The Hall–Kier alpha value is -12.5. The van der Waals surface area contributed by atoms with E-state index in [1.807, 2.05) is 0 Å². The molecule has 0 saturated heterocycles. The quantitative estimate of drug-likeness (QED) is 0.0108. The number of amides is 14. The molecule has 0 aromatic heterocycles. The van der Waals surface area contributed by atoms with Crippen molar-refractivity contribution in [3.8, 4) is 17.2 Å². The molecule has 44 heteroatoms. The lowest BCUT2D eigenvalue weighted by atomic mass is 9.97. The van der Waals surface area contributed by atoms with Gasteiger partial charge in [0.2, 0.25) is 82.7 Å². The van der Waals surface area contributed by atoms with Gasteiger partial charge in [-0.05, 0) is 111 Å². The first-order chi connectivity index (χ1) is 54.6. The summed E-state index contributed by atoms with van der Waals surface area (Å²) in [5, 5.41) is 119. The van der Waals surface area contributed by atoms with Crippen LogP contribution in [0.15, 0.2) is 72.8 Å². The van der Waals surface area contributed by atoms with Gasteiger partial charge in [-0.15, -0.1) is 0 Å². The molecule has 638 valence electrons. The molecule has 14 amide bonds. The van der Waals surface area contributed by atoms with Crippen molar-refractivity contribution in [1.82, 2.24) is 69.1 Å². The second-order valence-electron chi connectivity index (χ2n) is 27.2. The summed E-state index contributed by atoms with van der Waals surface area (Å²) in [6, 6.07) is -6.86. The SMILES string of the molecule is CC[C@H](C)[C@H](NC(=O)[C@@H](N)CS)C(=O)N[C@H](C(=O)N[C@@H](CCC(N)=O)C(=O)N[C@@H](Cc1ccc(O)cc1)C(=O)N[C@@H](CCC(=O)O)C(=O)N[C@@H](CCCNC(=N)N)C(=O)N[C@@H](CCC(=O)O)C(=O)N[C@@H](CO)C(=O)N[C@@H](CCC(N)=O)C(=O)N[C@@H](C)C(=O)N[C@@H](Cc1ccc(O)cc1)C(=O)N[C@@H](Cc1ccc(O)cc1)C(=O)O)[C@@H](C)O. The number of nitrogens with two attached hydrogens (primary N) is 4. The van der Waals surface area contributed by atoms with Gasteiger partial charge in [0.1, 0.15) is 89.8 Å². The molecule has 0 aliphatic rings. The lowest BCUT2D eigenvalue weighted by Crippen LogP contribution is -2.62. The number of aliphatic hydroxyl groups excluding tert-OH is 2. The Balaban J connectivity index is 1.99. The van der Waals surface area contributed by atoms with Crippen molar-refractivity contribution in [2.24, 2.45) is 28.9 Å². The summed E-state index contributed by atoms with van der Waals surface area (Å²) in [5.41, 5.74) is 23.0. The van der Waals surface area contributed by atoms with Crippen LogP contribution in [0.4, 0.5) is 0 Å². The normalized spacial score (nSPS) is 14.9.